The van der Waals surface area contributed by atoms with Gasteiger partial charge in [-0.25, -0.2) is 4.79 Å². The van der Waals surface area contributed by atoms with Gasteiger partial charge in [-0.3, -0.25) is 4.79 Å². The molecule has 110 valence electrons. The third-order valence-corrected chi connectivity index (χ3v) is 2.91. The van der Waals surface area contributed by atoms with Crippen molar-refractivity contribution in [1.29, 1.82) is 5.26 Å². The average Bonchev–Trinajstić information content (AvgIpc) is 2.44. The summed E-state index contributed by atoms with van der Waals surface area (Å²) in [6, 6.07) is 6.91. The van der Waals surface area contributed by atoms with Crippen LogP contribution >= 0.6 is 15.9 Å². The molecule has 7 heteroatoms. The third-order valence-electron chi connectivity index (χ3n) is 2.29. The lowest BCUT2D eigenvalue weighted by atomic mass is 10.2. The van der Waals surface area contributed by atoms with E-state index in [1.165, 1.54) is 6.08 Å². The fourth-order valence-electron chi connectivity index (χ4n) is 1.36. The number of nitrogens with zero attached hydrogens (tertiary/aromatic N) is 1. The Kier molecular flexibility index (Phi) is 6.98. The maximum atomic E-state index is 11.4. The number of benzene rings is 1. The van der Waals surface area contributed by atoms with Crippen LogP contribution in [-0.2, 0) is 9.59 Å². The highest BCUT2D eigenvalue weighted by molar-refractivity contribution is 9.10. The summed E-state index contributed by atoms with van der Waals surface area (Å²) in [4.78, 5) is 21.8. The Balaban J connectivity index is 2.55. The molecule has 6 nitrogen and oxygen atoms in total. The summed E-state index contributed by atoms with van der Waals surface area (Å²) in [5.41, 5.74) is 0.690. The van der Waals surface area contributed by atoms with E-state index in [1.54, 1.807) is 18.2 Å². The van der Waals surface area contributed by atoms with Crippen LogP contribution < -0.4 is 10.1 Å². The van der Waals surface area contributed by atoms with E-state index in [-0.39, 0.29) is 18.9 Å². The second-order valence-corrected chi connectivity index (χ2v) is 4.76. The molecule has 21 heavy (non-hydrogen) atoms. The number of carboxylic acids is 1. The minimum atomic E-state index is -1.03. The number of amides is 1. The van der Waals surface area contributed by atoms with E-state index in [1.807, 2.05) is 6.07 Å². The minimum Gasteiger partial charge on any atom is -0.483 e. The fourth-order valence-corrected chi connectivity index (χ4v) is 1.87. The highest BCUT2D eigenvalue weighted by Crippen LogP contribution is 2.26. The molecule has 0 aliphatic rings. The van der Waals surface area contributed by atoms with Crippen LogP contribution in [0, 0.1) is 11.3 Å². The van der Waals surface area contributed by atoms with Crippen LogP contribution in [-0.4, -0.2) is 30.1 Å². The first-order valence-corrected chi connectivity index (χ1v) is 6.79. The van der Waals surface area contributed by atoms with Crippen molar-refractivity contribution >= 4 is 33.9 Å². The minimum absolute atomic E-state index is 0.158. The van der Waals surface area contributed by atoms with Gasteiger partial charge >= 0.3 is 5.97 Å². The molecule has 0 bridgehead atoms. The number of halogens is 1. The van der Waals surface area contributed by atoms with Crippen molar-refractivity contribution < 1.29 is 19.4 Å². The van der Waals surface area contributed by atoms with Crippen LogP contribution in [0.5, 0.6) is 5.75 Å². The van der Waals surface area contributed by atoms with Gasteiger partial charge in [0.15, 0.2) is 6.61 Å². The summed E-state index contributed by atoms with van der Waals surface area (Å²) in [5.74, 6) is -0.870. The number of aliphatic carboxylic acids is 1. The van der Waals surface area contributed by atoms with Gasteiger partial charge in [0.05, 0.1) is 17.0 Å². The maximum absolute atomic E-state index is 11.4. The number of carboxylic acid groups (broad SMARTS) is 1. The zero-order valence-corrected chi connectivity index (χ0v) is 12.6. The Hall–Kier alpha value is -2.33. The molecule has 1 amide bonds. The molecule has 0 radical (unpaired) electrons. The van der Waals surface area contributed by atoms with E-state index in [0.717, 1.165) is 6.08 Å². The monoisotopic (exact) mass is 352 g/mol. The SMILES string of the molecule is N#CCCNC(=O)COc1ccc(C=CC(=O)O)cc1Br. The van der Waals surface area contributed by atoms with Crippen LogP contribution in [0.3, 0.4) is 0 Å². The van der Waals surface area contributed by atoms with Gasteiger partial charge in [0, 0.05) is 12.6 Å². The third kappa shape index (κ3) is 6.58. The molecule has 1 rings (SSSR count). The van der Waals surface area contributed by atoms with E-state index >= 15 is 0 Å². The summed E-state index contributed by atoms with van der Waals surface area (Å²) < 4.78 is 5.94. The van der Waals surface area contributed by atoms with Crippen molar-refractivity contribution in [2.45, 2.75) is 6.42 Å². The average molecular weight is 353 g/mol. The zero-order chi connectivity index (χ0) is 15.7. The molecule has 0 aliphatic heterocycles. The van der Waals surface area contributed by atoms with Crippen LogP contribution in [0.15, 0.2) is 28.7 Å². The van der Waals surface area contributed by atoms with Crippen LogP contribution in [0.1, 0.15) is 12.0 Å². The number of carbonyl (C=O) groups is 2. The standard InChI is InChI=1S/C14H13BrN2O4/c15-11-8-10(3-5-14(19)20)2-4-12(11)21-9-13(18)17-7-1-6-16/h2-5,8H,1,7,9H2,(H,17,18)(H,19,20). The molecule has 0 aliphatic carbocycles. The number of rotatable bonds is 7. The summed E-state index contributed by atoms with van der Waals surface area (Å²) >= 11 is 3.29. The van der Waals surface area contributed by atoms with E-state index in [4.69, 9.17) is 15.1 Å². The molecule has 0 heterocycles. The summed E-state index contributed by atoms with van der Waals surface area (Å²) in [5, 5.41) is 19.4. The van der Waals surface area contributed by atoms with Crippen LogP contribution in [0.2, 0.25) is 0 Å². The first-order chi connectivity index (χ1) is 10.0. The number of ether oxygens (including phenoxy) is 1. The second-order valence-electron chi connectivity index (χ2n) is 3.91. The van der Waals surface area contributed by atoms with E-state index in [9.17, 15) is 9.59 Å². The predicted octanol–water partition coefficient (Wildman–Crippen LogP) is 1.96. The molecule has 0 spiro atoms. The lowest BCUT2D eigenvalue weighted by Gasteiger charge is -2.08. The summed E-state index contributed by atoms with van der Waals surface area (Å²) in [6.45, 7) is 0.132. The Labute approximate surface area is 130 Å². The maximum Gasteiger partial charge on any atom is 0.328 e. The quantitative estimate of drug-likeness (QED) is 0.577. The van der Waals surface area contributed by atoms with Crippen molar-refractivity contribution in [1.82, 2.24) is 5.32 Å². The lowest BCUT2D eigenvalue weighted by Crippen LogP contribution is -2.29. The summed E-state index contributed by atoms with van der Waals surface area (Å²) in [7, 11) is 0. The largest absolute Gasteiger partial charge is 0.483 e. The molecule has 0 aromatic heterocycles. The Morgan fingerprint density at radius 1 is 1.48 bits per heavy atom. The number of nitriles is 1. The van der Waals surface area contributed by atoms with Crippen molar-refractivity contribution in [3.8, 4) is 11.8 Å². The van der Waals surface area contributed by atoms with E-state index < -0.39 is 5.97 Å². The van der Waals surface area contributed by atoms with Crippen molar-refractivity contribution in [2.24, 2.45) is 0 Å². The van der Waals surface area contributed by atoms with Gasteiger partial charge in [0.1, 0.15) is 5.75 Å². The molecular weight excluding hydrogens is 340 g/mol. The molecule has 1 aromatic rings. The molecule has 0 saturated carbocycles. The predicted molar refractivity (Wildman–Crippen MR) is 79.5 cm³/mol. The number of carbonyl (C=O) groups excluding carboxylic acids is 1. The Morgan fingerprint density at radius 2 is 2.24 bits per heavy atom. The van der Waals surface area contributed by atoms with Gasteiger partial charge < -0.3 is 15.2 Å². The number of hydrogen-bond donors (Lipinski definition) is 2. The summed E-state index contributed by atoms with van der Waals surface area (Å²) in [6.07, 6.45) is 2.73. The molecule has 0 unspecified atom stereocenters. The molecule has 0 atom stereocenters. The molecule has 0 fully saturated rings. The van der Waals surface area contributed by atoms with Crippen molar-refractivity contribution in [2.75, 3.05) is 13.2 Å². The zero-order valence-electron chi connectivity index (χ0n) is 11.0. The van der Waals surface area contributed by atoms with Gasteiger partial charge in [0.25, 0.3) is 5.91 Å². The van der Waals surface area contributed by atoms with Gasteiger partial charge in [0.2, 0.25) is 0 Å². The Morgan fingerprint density at radius 3 is 2.86 bits per heavy atom. The van der Waals surface area contributed by atoms with E-state index in [0.29, 0.717) is 22.3 Å². The number of nitrogens with one attached hydrogen (secondary N) is 1. The normalized spacial score (nSPS) is 10.1. The number of hydrogen-bond acceptors (Lipinski definition) is 4. The first-order valence-electron chi connectivity index (χ1n) is 6.00. The van der Waals surface area contributed by atoms with Crippen LogP contribution in [0.4, 0.5) is 0 Å². The van der Waals surface area contributed by atoms with Gasteiger partial charge in [-0.1, -0.05) is 6.07 Å². The smallest absolute Gasteiger partial charge is 0.328 e. The molecular formula is C14H13BrN2O4. The van der Waals surface area contributed by atoms with Crippen LogP contribution in [0.25, 0.3) is 6.08 Å². The molecule has 0 saturated heterocycles. The molecule has 1 aromatic carbocycles. The van der Waals surface area contributed by atoms with Gasteiger partial charge in [-0.15, -0.1) is 0 Å². The topological polar surface area (TPSA) is 99.4 Å². The fraction of sp³-hybridized carbons (Fsp3) is 0.214. The first kappa shape index (κ1) is 16.7. The highest BCUT2D eigenvalue weighted by atomic mass is 79.9. The Bertz CT molecular complexity index is 593. The lowest BCUT2D eigenvalue weighted by molar-refractivity contribution is -0.131. The van der Waals surface area contributed by atoms with E-state index in [2.05, 4.69) is 21.2 Å². The van der Waals surface area contributed by atoms with Crippen molar-refractivity contribution in [3.05, 3.63) is 34.3 Å². The second kappa shape index (κ2) is 8.76. The van der Waals surface area contributed by atoms with Gasteiger partial charge in [-0.05, 0) is 39.7 Å². The molecule has 2 N–H and O–H groups in total. The van der Waals surface area contributed by atoms with Gasteiger partial charge in [-0.2, -0.15) is 5.26 Å². The highest BCUT2D eigenvalue weighted by Gasteiger charge is 2.05. The van der Waals surface area contributed by atoms with Crippen molar-refractivity contribution in [3.63, 3.8) is 0 Å².